The summed E-state index contributed by atoms with van der Waals surface area (Å²) >= 11 is 0. The first-order chi connectivity index (χ1) is 4.16. The van der Waals surface area contributed by atoms with Gasteiger partial charge in [-0.05, 0) is 19.9 Å². The number of nitrogens with one attached hydrogen (secondary N) is 1. The van der Waals surface area contributed by atoms with Crippen molar-refractivity contribution in [3.63, 3.8) is 0 Å². The Kier molecular flexibility index (Phi) is 4.05. The molecular weight excluding hydrogens is 118 g/mol. The van der Waals surface area contributed by atoms with E-state index in [0.29, 0.717) is 0 Å². The van der Waals surface area contributed by atoms with Crippen LogP contribution in [0.2, 0.25) is 0 Å². The van der Waals surface area contributed by atoms with Crippen LogP contribution in [-0.2, 0) is 4.79 Å². The molecule has 0 spiro atoms. The summed E-state index contributed by atoms with van der Waals surface area (Å²) in [6.07, 6.45) is 2.80. The van der Waals surface area contributed by atoms with Crippen molar-refractivity contribution in [2.24, 2.45) is 0 Å². The van der Waals surface area contributed by atoms with Crippen LogP contribution in [0.3, 0.4) is 0 Å². The first-order valence-corrected chi connectivity index (χ1v) is 3.03. The van der Waals surface area contributed by atoms with Gasteiger partial charge in [-0.2, -0.15) is 0 Å². The van der Waals surface area contributed by atoms with Crippen molar-refractivity contribution in [3.05, 3.63) is 0 Å². The van der Waals surface area contributed by atoms with Gasteiger partial charge in [0.1, 0.15) is 0 Å². The minimum Gasteiger partial charge on any atom is -0.481 e. The van der Waals surface area contributed by atoms with Crippen LogP contribution < -0.4 is 5.32 Å². The van der Waals surface area contributed by atoms with Crippen molar-refractivity contribution in [1.29, 1.82) is 0 Å². The lowest BCUT2D eigenvalue weighted by atomic mass is 10.7. The maximum absolute atomic E-state index is 9.00. The minimum absolute atomic E-state index is 0.833. The molecule has 2 N–H and O–H groups in total. The Morgan fingerprint density at radius 2 is 2.00 bits per heavy atom. The quantitative estimate of drug-likeness (QED) is 0.543. The molecule has 0 atom stereocenters. The van der Waals surface area contributed by atoms with Gasteiger partial charge in [-0.3, -0.25) is 4.79 Å². The molecule has 0 aromatic heterocycles. The summed E-state index contributed by atoms with van der Waals surface area (Å²) in [4.78, 5) is 9.00. The average Bonchev–Trinajstić information content (AvgIpc) is 2.43. The van der Waals surface area contributed by atoms with Gasteiger partial charge in [0.15, 0.2) is 0 Å². The van der Waals surface area contributed by atoms with Crippen LogP contribution in [0.25, 0.3) is 0 Å². The van der Waals surface area contributed by atoms with E-state index >= 15 is 0 Å². The zero-order valence-corrected chi connectivity index (χ0v) is 5.85. The molecule has 3 heteroatoms. The highest BCUT2D eigenvalue weighted by atomic mass is 16.4. The van der Waals surface area contributed by atoms with Crippen molar-refractivity contribution < 1.29 is 9.90 Å². The van der Waals surface area contributed by atoms with E-state index in [1.54, 1.807) is 0 Å². The molecule has 0 aromatic carbocycles. The number of carboxylic acid groups (broad SMARTS) is 1. The van der Waals surface area contributed by atoms with E-state index in [1.807, 2.05) is 7.05 Å². The standard InChI is InChI=1S/C4H9N.C2H4O2/c1-5-4-2-3-4;1-2(3)4/h4-5H,2-3H2,1H3;1H3,(H,3,4). The zero-order chi connectivity index (χ0) is 7.28. The van der Waals surface area contributed by atoms with Crippen LogP contribution in [-0.4, -0.2) is 24.2 Å². The first-order valence-electron chi connectivity index (χ1n) is 3.03. The smallest absolute Gasteiger partial charge is 0.300 e. The molecule has 1 aliphatic rings. The lowest BCUT2D eigenvalue weighted by Gasteiger charge is -1.80. The molecule has 0 saturated heterocycles. The van der Waals surface area contributed by atoms with E-state index in [2.05, 4.69) is 5.32 Å². The normalized spacial score (nSPS) is 15.8. The summed E-state index contributed by atoms with van der Waals surface area (Å²) in [6, 6.07) is 0.884. The van der Waals surface area contributed by atoms with Crippen molar-refractivity contribution >= 4 is 5.97 Å². The SMILES string of the molecule is CC(=O)O.CNC1CC1. The van der Waals surface area contributed by atoms with Crippen molar-refractivity contribution in [2.75, 3.05) is 7.05 Å². The molecule has 3 nitrogen and oxygen atoms in total. The molecule has 0 bridgehead atoms. The topological polar surface area (TPSA) is 49.3 Å². The molecule has 0 aromatic rings. The van der Waals surface area contributed by atoms with Crippen molar-refractivity contribution in [3.8, 4) is 0 Å². The van der Waals surface area contributed by atoms with Crippen LogP contribution in [0.1, 0.15) is 19.8 Å². The third-order valence-electron chi connectivity index (χ3n) is 0.986. The van der Waals surface area contributed by atoms with E-state index in [4.69, 9.17) is 9.90 Å². The van der Waals surface area contributed by atoms with Gasteiger partial charge in [-0.25, -0.2) is 0 Å². The van der Waals surface area contributed by atoms with E-state index in [-0.39, 0.29) is 0 Å². The Hall–Kier alpha value is -0.570. The Morgan fingerprint density at radius 1 is 1.67 bits per heavy atom. The van der Waals surface area contributed by atoms with E-state index < -0.39 is 5.97 Å². The van der Waals surface area contributed by atoms with Crippen LogP contribution in [0.4, 0.5) is 0 Å². The van der Waals surface area contributed by atoms with Crippen LogP contribution in [0, 0.1) is 0 Å². The number of rotatable bonds is 1. The fourth-order valence-electron chi connectivity index (χ4n) is 0.372. The summed E-state index contributed by atoms with van der Waals surface area (Å²) in [7, 11) is 2.01. The van der Waals surface area contributed by atoms with Crippen LogP contribution >= 0.6 is 0 Å². The van der Waals surface area contributed by atoms with Gasteiger partial charge >= 0.3 is 0 Å². The molecule has 1 aliphatic carbocycles. The molecule has 0 aliphatic heterocycles. The Morgan fingerprint density at radius 3 is 2.00 bits per heavy atom. The second kappa shape index (κ2) is 4.32. The van der Waals surface area contributed by atoms with Gasteiger partial charge in [0.25, 0.3) is 5.97 Å². The second-order valence-corrected chi connectivity index (χ2v) is 2.08. The predicted molar refractivity (Wildman–Crippen MR) is 35.4 cm³/mol. The summed E-state index contributed by atoms with van der Waals surface area (Å²) in [5.41, 5.74) is 0. The number of carbonyl (C=O) groups is 1. The van der Waals surface area contributed by atoms with Gasteiger partial charge in [-0.1, -0.05) is 0 Å². The zero-order valence-electron chi connectivity index (χ0n) is 5.85. The fourth-order valence-corrected chi connectivity index (χ4v) is 0.372. The Labute approximate surface area is 55.1 Å². The van der Waals surface area contributed by atoms with Gasteiger partial charge in [0.05, 0.1) is 0 Å². The highest BCUT2D eigenvalue weighted by molar-refractivity contribution is 5.62. The predicted octanol–water partition coefficient (Wildman–Crippen LogP) is 0.459. The summed E-state index contributed by atoms with van der Waals surface area (Å²) in [5.74, 6) is -0.833. The van der Waals surface area contributed by atoms with E-state index in [0.717, 1.165) is 13.0 Å². The van der Waals surface area contributed by atoms with Crippen molar-refractivity contribution in [2.45, 2.75) is 25.8 Å². The number of hydrogen-bond acceptors (Lipinski definition) is 2. The monoisotopic (exact) mass is 131 g/mol. The van der Waals surface area contributed by atoms with Gasteiger partial charge in [0.2, 0.25) is 0 Å². The third kappa shape index (κ3) is 11.2. The van der Waals surface area contributed by atoms with Gasteiger partial charge in [-0.15, -0.1) is 0 Å². The van der Waals surface area contributed by atoms with Gasteiger partial charge in [0, 0.05) is 13.0 Å². The molecule has 1 saturated carbocycles. The molecule has 0 unspecified atom stereocenters. The molecular formula is C6H13NO2. The number of aliphatic carboxylic acids is 1. The molecule has 9 heavy (non-hydrogen) atoms. The van der Waals surface area contributed by atoms with E-state index in [1.165, 1.54) is 12.8 Å². The van der Waals surface area contributed by atoms with Crippen LogP contribution in [0.15, 0.2) is 0 Å². The average molecular weight is 131 g/mol. The minimum atomic E-state index is -0.833. The maximum Gasteiger partial charge on any atom is 0.300 e. The second-order valence-electron chi connectivity index (χ2n) is 2.08. The fraction of sp³-hybridized carbons (Fsp3) is 0.833. The lowest BCUT2D eigenvalue weighted by molar-refractivity contribution is -0.134. The van der Waals surface area contributed by atoms with E-state index in [9.17, 15) is 0 Å². The molecule has 1 rings (SSSR count). The third-order valence-corrected chi connectivity index (χ3v) is 0.986. The summed E-state index contributed by atoms with van der Waals surface area (Å²) < 4.78 is 0. The highest BCUT2D eigenvalue weighted by Gasteiger charge is 2.17. The van der Waals surface area contributed by atoms with Crippen molar-refractivity contribution in [1.82, 2.24) is 5.32 Å². The molecule has 0 radical (unpaired) electrons. The number of carboxylic acids is 1. The first kappa shape index (κ1) is 8.43. The Balaban J connectivity index is 0.000000148. The van der Waals surface area contributed by atoms with Gasteiger partial charge < -0.3 is 10.4 Å². The Bertz CT molecular complexity index is 85.1. The molecule has 1 fully saturated rings. The molecule has 0 heterocycles. The largest absolute Gasteiger partial charge is 0.481 e. The molecule has 54 valence electrons. The highest BCUT2D eigenvalue weighted by Crippen LogP contribution is 2.16. The maximum atomic E-state index is 9.00. The number of hydrogen-bond donors (Lipinski definition) is 2. The van der Waals surface area contributed by atoms with Crippen LogP contribution in [0.5, 0.6) is 0 Å². The summed E-state index contributed by atoms with van der Waals surface area (Å²) in [5, 5.41) is 10.6. The summed E-state index contributed by atoms with van der Waals surface area (Å²) in [6.45, 7) is 1.08. The molecule has 0 amide bonds. The lowest BCUT2D eigenvalue weighted by Crippen LogP contribution is -2.06.